The number of rotatable bonds is 3. The number of amides is 1. The lowest BCUT2D eigenvalue weighted by Crippen LogP contribution is -2.35. The number of hydrogen-bond donors (Lipinski definition) is 0. The zero-order valence-electron chi connectivity index (χ0n) is 13.6. The summed E-state index contributed by atoms with van der Waals surface area (Å²) in [5.41, 5.74) is 1.21. The van der Waals surface area contributed by atoms with Gasteiger partial charge in [-0.15, -0.1) is 0 Å². The number of nitrogens with zero attached hydrogens (tertiary/aromatic N) is 4. The second-order valence-electron chi connectivity index (χ2n) is 6.15. The number of piperidine rings is 1. The molecule has 0 spiro atoms. The summed E-state index contributed by atoms with van der Waals surface area (Å²) >= 11 is 0. The van der Waals surface area contributed by atoms with Crippen molar-refractivity contribution >= 4 is 17.4 Å². The molecule has 1 aromatic heterocycles. The van der Waals surface area contributed by atoms with Crippen LogP contribution in [0.25, 0.3) is 0 Å². The molecule has 1 aromatic carbocycles. The van der Waals surface area contributed by atoms with Crippen LogP contribution >= 0.6 is 0 Å². The lowest BCUT2D eigenvalue weighted by atomic mass is 10.0. The number of carbonyl (C=O) groups excluding carboxylic acids is 1. The van der Waals surface area contributed by atoms with Crippen molar-refractivity contribution < 1.29 is 4.79 Å². The van der Waals surface area contributed by atoms with Crippen LogP contribution in [0, 0.1) is 5.92 Å². The van der Waals surface area contributed by atoms with Crippen molar-refractivity contribution in [3.8, 4) is 0 Å². The van der Waals surface area contributed by atoms with Crippen LogP contribution in [0.3, 0.4) is 0 Å². The van der Waals surface area contributed by atoms with Gasteiger partial charge in [0.05, 0.1) is 12.4 Å². The Bertz CT molecular complexity index is 656. The van der Waals surface area contributed by atoms with Gasteiger partial charge in [-0.2, -0.15) is 0 Å². The first-order chi connectivity index (χ1) is 11.1. The highest BCUT2D eigenvalue weighted by atomic mass is 16.2. The molecular formula is C18H22N4O. The van der Waals surface area contributed by atoms with E-state index < -0.39 is 0 Å². The zero-order chi connectivity index (χ0) is 16.2. The molecule has 1 saturated heterocycles. The minimum Gasteiger partial charge on any atom is -0.355 e. The van der Waals surface area contributed by atoms with Crippen LogP contribution in [0.5, 0.6) is 0 Å². The van der Waals surface area contributed by atoms with Gasteiger partial charge in [0.25, 0.3) is 5.91 Å². The third-order valence-corrected chi connectivity index (χ3v) is 4.29. The molecule has 1 atom stereocenters. The quantitative estimate of drug-likeness (QED) is 0.874. The van der Waals surface area contributed by atoms with Gasteiger partial charge < -0.3 is 9.80 Å². The molecular weight excluding hydrogens is 288 g/mol. The second kappa shape index (κ2) is 6.77. The fraction of sp³-hybridized carbons (Fsp3) is 0.389. The highest BCUT2D eigenvalue weighted by Gasteiger charge is 2.19. The van der Waals surface area contributed by atoms with Gasteiger partial charge in [0, 0.05) is 25.8 Å². The first-order valence-electron chi connectivity index (χ1n) is 8.05. The van der Waals surface area contributed by atoms with Crippen LogP contribution < -0.4 is 9.80 Å². The largest absolute Gasteiger partial charge is 0.355 e. The molecule has 1 aliphatic heterocycles. The summed E-state index contributed by atoms with van der Waals surface area (Å²) < 4.78 is 0. The van der Waals surface area contributed by atoms with Crippen LogP contribution in [0.4, 0.5) is 11.5 Å². The summed E-state index contributed by atoms with van der Waals surface area (Å²) in [6.45, 7) is 4.27. The molecule has 0 aliphatic carbocycles. The monoisotopic (exact) mass is 310 g/mol. The van der Waals surface area contributed by atoms with Crippen molar-refractivity contribution in [1.29, 1.82) is 0 Å². The molecule has 2 heterocycles. The molecule has 0 N–H and O–H groups in total. The van der Waals surface area contributed by atoms with E-state index in [1.807, 2.05) is 30.3 Å². The third-order valence-electron chi connectivity index (χ3n) is 4.29. The molecule has 5 heteroatoms. The van der Waals surface area contributed by atoms with Gasteiger partial charge in [-0.25, -0.2) is 9.97 Å². The number of para-hydroxylation sites is 1. The smallest absolute Gasteiger partial charge is 0.278 e. The van der Waals surface area contributed by atoms with Crippen molar-refractivity contribution in [1.82, 2.24) is 9.97 Å². The van der Waals surface area contributed by atoms with Gasteiger partial charge in [-0.1, -0.05) is 25.1 Å². The third kappa shape index (κ3) is 3.50. The van der Waals surface area contributed by atoms with Crippen LogP contribution in [-0.4, -0.2) is 36.0 Å². The SMILES string of the molecule is CC1CCCN(c2cnc(C(=O)N(C)c3ccccc3)cn2)C1. The fourth-order valence-corrected chi connectivity index (χ4v) is 2.93. The van der Waals surface area contributed by atoms with Crippen molar-refractivity contribution in [3.05, 3.63) is 48.4 Å². The molecule has 23 heavy (non-hydrogen) atoms. The number of carbonyl (C=O) groups is 1. The molecule has 120 valence electrons. The summed E-state index contributed by atoms with van der Waals surface area (Å²) in [4.78, 5) is 25.1. The van der Waals surface area contributed by atoms with Crippen molar-refractivity contribution in [3.63, 3.8) is 0 Å². The Kier molecular flexibility index (Phi) is 4.55. The first kappa shape index (κ1) is 15.5. The van der Waals surface area contributed by atoms with Crippen LogP contribution in [0.15, 0.2) is 42.7 Å². The Hall–Kier alpha value is -2.43. The Labute approximate surface area is 137 Å². The van der Waals surface area contributed by atoms with Crippen molar-refractivity contribution in [2.45, 2.75) is 19.8 Å². The lowest BCUT2D eigenvalue weighted by Gasteiger charge is -2.31. The second-order valence-corrected chi connectivity index (χ2v) is 6.15. The Morgan fingerprint density at radius 3 is 2.65 bits per heavy atom. The maximum Gasteiger partial charge on any atom is 0.278 e. The van der Waals surface area contributed by atoms with Crippen LogP contribution in [0.1, 0.15) is 30.3 Å². The van der Waals surface area contributed by atoms with Gasteiger partial charge in [0.2, 0.25) is 0 Å². The Balaban J connectivity index is 1.73. The predicted octanol–water partition coefficient (Wildman–Crippen LogP) is 2.99. The molecule has 1 unspecified atom stereocenters. The van der Waals surface area contributed by atoms with E-state index in [1.165, 1.54) is 12.8 Å². The van der Waals surface area contributed by atoms with Crippen molar-refractivity contribution in [2.24, 2.45) is 5.92 Å². The number of hydrogen-bond acceptors (Lipinski definition) is 4. The maximum atomic E-state index is 12.5. The van der Waals surface area contributed by atoms with Gasteiger partial charge >= 0.3 is 0 Å². The van der Waals surface area contributed by atoms with E-state index in [0.29, 0.717) is 11.6 Å². The standard InChI is InChI=1S/C18H22N4O/c1-14-7-6-10-22(13-14)17-12-19-16(11-20-17)18(23)21(2)15-8-4-3-5-9-15/h3-5,8-9,11-12,14H,6-7,10,13H2,1-2H3. The molecule has 1 fully saturated rings. The highest BCUT2D eigenvalue weighted by molar-refractivity contribution is 6.04. The van der Waals surface area contributed by atoms with Gasteiger partial charge in [0.15, 0.2) is 0 Å². The van der Waals surface area contributed by atoms with Crippen molar-refractivity contribution in [2.75, 3.05) is 29.9 Å². The molecule has 0 radical (unpaired) electrons. The maximum absolute atomic E-state index is 12.5. The predicted molar refractivity (Wildman–Crippen MR) is 91.8 cm³/mol. The topological polar surface area (TPSA) is 49.3 Å². The average molecular weight is 310 g/mol. The van der Waals surface area contributed by atoms with E-state index in [0.717, 1.165) is 24.6 Å². The molecule has 2 aromatic rings. The molecule has 0 bridgehead atoms. The van der Waals surface area contributed by atoms with Gasteiger partial charge in [-0.05, 0) is 30.9 Å². The number of aromatic nitrogens is 2. The highest BCUT2D eigenvalue weighted by Crippen LogP contribution is 2.21. The molecule has 3 rings (SSSR count). The minimum atomic E-state index is -0.151. The molecule has 1 amide bonds. The van der Waals surface area contributed by atoms with E-state index in [1.54, 1.807) is 24.3 Å². The molecule has 1 aliphatic rings. The van der Waals surface area contributed by atoms with E-state index in [-0.39, 0.29) is 5.91 Å². The van der Waals surface area contributed by atoms with Crippen LogP contribution in [-0.2, 0) is 0 Å². The van der Waals surface area contributed by atoms with E-state index in [2.05, 4.69) is 21.8 Å². The molecule has 0 saturated carbocycles. The summed E-state index contributed by atoms with van der Waals surface area (Å²) in [5, 5.41) is 0. The summed E-state index contributed by atoms with van der Waals surface area (Å²) in [5.74, 6) is 1.38. The number of anilines is 2. The summed E-state index contributed by atoms with van der Waals surface area (Å²) in [6.07, 6.45) is 5.74. The number of benzene rings is 1. The first-order valence-corrected chi connectivity index (χ1v) is 8.05. The summed E-state index contributed by atoms with van der Waals surface area (Å²) in [6, 6.07) is 9.54. The Morgan fingerprint density at radius 1 is 1.22 bits per heavy atom. The normalized spacial score (nSPS) is 17.8. The van der Waals surface area contributed by atoms with E-state index in [4.69, 9.17) is 0 Å². The summed E-state index contributed by atoms with van der Waals surface area (Å²) in [7, 11) is 1.75. The van der Waals surface area contributed by atoms with E-state index >= 15 is 0 Å². The minimum absolute atomic E-state index is 0.151. The van der Waals surface area contributed by atoms with Gasteiger partial charge in [0.1, 0.15) is 11.5 Å². The lowest BCUT2D eigenvalue weighted by molar-refractivity contribution is 0.0988. The fourth-order valence-electron chi connectivity index (χ4n) is 2.93. The Morgan fingerprint density at radius 2 is 2.00 bits per heavy atom. The van der Waals surface area contributed by atoms with Gasteiger partial charge in [-0.3, -0.25) is 4.79 Å². The van der Waals surface area contributed by atoms with E-state index in [9.17, 15) is 4.79 Å². The average Bonchev–Trinajstić information content (AvgIpc) is 2.61. The zero-order valence-corrected chi connectivity index (χ0v) is 13.6. The van der Waals surface area contributed by atoms with Crippen LogP contribution in [0.2, 0.25) is 0 Å². The molecule has 5 nitrogen and oxygen atoms in total.